The topological polar surface area (TPSA) is 173 Å². The number of nitrogens with one attached hydrogen (secondary N) is 1. The first kappa shape index (κ1) is 29.4. The fraction of sp³-hybridized carbons (Fsp3) is 0.190. The zero-order valence-electron chi connectivity index (χ0n) is 18.9. The molecule has 208 valence electrons. The van der Waals surface area contributed by atoms with Crippen LogP contribution < -0.4 is 5.32 Å². The molecule has 1 aromatic carbocycles. The first-order chi connectivity index (χ1) is 18.0. The average molecular weight is 580 g/mol. The highest BCUT2D eigenvalue weighted by Crippen LogP contribution is 2.39. The molecule has 0 saturated carbocycles. The fourth-order valence-corrected chi connectivity index (χ4v) is 3.89. The van der Waals surface area contributed by atoms with Crippen LogP contribution in [-0.4, -0.2) is 51.5 Å². The predicted octanol–water partition coefficient (Wildman–Crippen LogP) is 3.64. The number of carbonyl (C=O) groups is 1. The van der Waals surface area contributed by atoms with Gasteiger partial charge in [-0.2, -0.15) is 26.3 Å². The molecule has 18 heteroatoms. The van der Waals surface area contributed by atoms with Crippen molar-refractivity contribution in [3.63, 3.8) is 0 Å². The number of aliphatic hydroxyl groups is 2. The van der Waals surface area contributed by atoms with E-state index in [1.54, 1.807) is 0 Å². The summed E-state index contributed by atoms with van der Waals surface area (Å²) in [7, 11) is -5.72. The molecule has 0 bridgehead atoms. The van der Waals surface area contributed by atoms with E-state index in [9.17, 15) is 54.8 Å². The number of carbonyl (C=O) groups excluding carboxylic acids is 1. The molecule has 0 unspecified atom stereocenters. The van der Waals surface area contributed by atoms with Crippen LogP contribution in [0.15, 0.2) is 53.7 Å². The Hall–Kier alpha value is -4.16. The first-order valence-electron chi connectivity index (χ1n) is 10.2. The Kier molecular flexibility index (Phi) is 7.95. The molecule has 0 spiro atoms. The van der Waals surface area contributed by atoms with Crippen molar-refractivity contribution in [3.8, 4) is 11.1 Å². The number of aliphatic hydroxyl groups excluding tert-OH is 2. The number of pyridine rings is 2. The van der Waals surface area contributed by atoms with Crippen LogP contribution in [0.25, 0.3) is 11.1 Å². The summed E-state index contributed by atoms with van der Waals surface area (Å²) < 4.78 is 102. The van der Waals surface area contributed by atoms with Crippen molar-refractivity contribution in [1.82, 2.24) is 9.97 Å². The summed E-state index contributed by atoms with van der Waals surface area (Å²) >= 11 is 0. The highest BCUT2D eigenvalue weighted by molar-refractivity contribution is 7.92. The second kappa shape index (κ2) is 10.5. The van der Waals surface area contributed by atoms with Gasteiger partial charge in [-0.25, -0.2) is 13.4 Å². The van der Waals surface area contributed by atoms with E-state index in [0.29, 0.717) is 36.7 Å². The molecule has 3 aromatic rings. The van der Waals surface area contributed by atoms with Crippen LogP contribution in [0.2, 0.25) is 0 Å². The Bertz CT molecular complexity index is 1530. The minimum atomic E-state index is -5.72. The van der Waals surface area contributed by atoms with Crippen molar-refractivity contribution in [2.24, 2.45) is 0 Å². The number of hydrogen-bond donors (Lipinski definition) is 3. The summed E-state index contributed by atoms with van der Waals surface area (Å²) in [6, 6.07) is 4.03. The number of rotatable bonds is 7. The number of alkyl halides is 6. The van der Waals surface area contributed by atoms with E-state index in [0.717, 1.165) is 12.1 Å². The Morgan fingerprint density at radius 1 is 1.05 bits per heavy atom. The lowest BCUT2D eigenvalue weighted by atomic mass is 9.97. The van der Waals surface area contributed by atoms with Crippen LogP contribution >= 0.6 is 0 Å². The van der Waals surface area contributed by atoms with Crippen molar-refractivity contribution in [1.29, 1.82) is 0 Å². The smallest absolute Gasteiger partial charge is 0.393 e. The van der Waals surface area contributed by atoms with Crippen molar-refractivity contribution < 1.29 is 54.7 Å². The monoisotopic (exact) mass is 580 g/mol. The standard InChI is InChI=1S/C21H14F6N4O7S/c22-20(23,24)14-6-15(17(33)9-32)28-8-13(14)10-1-3-12(16(5-10)31(35)36)19(34)30-18-4-2-11(7-29-18)39(37,38)21(25,26)27/h1-8,17,32-33H,9H2,(H,29,30,34)/t17-/m0/s1. The summed E-state index contributed by atoms with van der Waals surface area (Å²) in [6.07, 6.45) is -5.75. The number of benzene rings is 1. The number of nitro benzene ring substituents is 1. The Balaban J connectivity index is 1.98. The van der Waals surface area contributed by atoms with Gasteiger partial charge in [0, 0.05) is 24.0 Å². The Labute approximate surface area is 213 Å². The average Bonchev–Trinajstić information content (AvgIpc) is 2.86. The lowest BCUT2D eigenvalue weighted by Crippen LogP contribution is -2.23. The molecule has 1 atom stereocenters. The first-order valence-corrected chi connectivity index (χ1v) is 11.7. The van der Waals surface area contributed by atoms with Gasteiger partial charge in [0.2, 0.25) is 0 Å². The van der Waals surface area contributed by atoms with Crippen molar-refractivity contribution in [2.75, 3.05) is 11.9 Å². The number of halogens is 6. The Morgan fingerprint density at radius 2 is 1.72 bits per heavy atom. The summed E-state index contributed by atoms with van der Waals surface area (Å²) in [6.45, 7) is -0.922. The molecule has 1 amide bonds. The van der Waals surface area contributed by atoms with Crippen LogP contribution in [0.1, 0.15) is 27.7 Å². The number of nitro groups is 1. The molecule has 11 nitrogen and oxygen atoms in total. The van der Waals surface area contributed by atoms with Gasteiger partial charge in [0.1, 0.15) is 17.5 Å². The van der Waals surface area contributed by atoms with E-state index in [-0.39, 0.29) is 5.56 Å². The zero-order valence-corrected chi connectivity index (χ0v) is 19.7. The quantitative estimate of drug-likeness (QED) is 0.214. The molecular formula is C21H14F6N4O7S. The number of sulfone groups is 1. The summed E-state index contributed by atoms with van der Waals surface area (Å²) in [5.41, 5.74) is -10.1. The minimum Gasteiger partial charge on any atom is -0.393 e. The molecule has 0 fully saturated rings. The number of anilines is 1. The van der Waals surface area contributed by atoms with Crippen molar-refractivity contribution in [2.45, 2.75) is 22.7 Å². The molecular weight excluding hydrogens is 566 g/mol. The van der Waals surface area contributed by atoms with E-state index < -0.39 is 83.8 Å². The molecule has 0 saturated heterocycles. The van der Waals surface area contributed by atoms with E-state index >= 15 is 0 Å². The van der Waals surface area contributed by atoms with Gasteiger partial charge in [0.15, 0.2) is 0 Å². The summed E-state index contributed by atoms with van der Waals surface area (Å²) in [5.74, 6) is -1.72. The molecule has 0 aliphatic rings. The second-order valence-corrected chi connectivity index (χ2v) is 9.56. The van der Waals surface area contributed by atoms with Gasteiger partial charge in [-0.15, -0.1) is 0 Å². The van der Waals surface area contributed by atoms with Crippen LogP contribution in [-0.2, 0) is 16.0 Å². The molecule has 2 heterocycles. The zero-order chi connectivity index (χ0) is 29.3. The van der Waals surface area contributed by atoms with Crippen LogP contribution in [0.4, 0.5) is 37.8 Å². The normalized spacial score (nSPS) is 13.1. The van der Waals surface area contributed by atoms with E-state index in [1.807, 2.05) is 5.32 Å². The highest BCUT2D eigenvalue weighted by atomic mass is 32.2. The van der Waals surface area contributed by atoms with Crippen molar-refractivity contribution in [3.05, 3.63) is 75.7 Å². The lowest BCUT2D eigenvalue weighted by molar-refractivity contribution is -0.385. The molecule has 39 heavy (non-hydrogen) atoms. The predicted molar refractivity (Wildman–Crippen MR) is 119 cm³/mol. The van der Waals surface area contributed by atoms with Gasteiger partial charge in [-0.05, 0) is 29.8 Å². The van der Waals surface area contributed by atoms with Gasteiger partial charge < -0.3 is 15.5 Å². The van der Waals surface area contributed by atoms with E-state index in [2.05, 4.69) is 9.97 Å². The third-order valence-corrected chi connectivity index (χ3v) is 6.56. The van der Waals surface area contributed by atoms with Crippen LogP contribution in [0.5, 0.6) is 0 Å². The molecule has 0 aliphatic carbocycles. The van der Waals surface area contributed by atoms with E-state index in [1.165, 1.54) is 0 Å². The molecule has 0 aliphatic heterocycles. The van der Waals surface area contributed by atoms with Gasteiger partial charge >= 0.3 is 11.7 Å². The van der Waals surface area contributed by atoms with Crippen molar-refractivity contribution >= 4 is 27.2 Å². The van der Waals surface area contributed by atoms with Crippen LogP contribution in [0, 0.1) is 10.1 Å². The number of amides is 1. The fourth-order valence-electron chi connectivity index (χ4n) is 3.18. The van der Waals surface area contributed by atoms with Gasteiger partial charge in [-0.1, -0.05) is 6.07 Å². The molecule has 0 radical (unpaired) electrons. The summed E-state index contributed by atoms with van der Waals surface area (Å²) in [4.78, 5) is 28.9. The third kappa shape index (κ3) is 6.13. The van der Waals surface area contributed by atoms with Gasteiger partial charge in [0.05, 0.1) is 27.7 Å². The maximum Gasteiger partial charge on any atom is 0.501 e. The van der Waals surface area contributed by atoms with E-state index in [4.69, 9.17) is 5.11 Å². The SMILES string of the molecule is O=C(Nc1ccc(S(=O)(=O)C(F)(F)F)cn1)c1ccc(-c2cnc([C@@H](O)CO)cc2C(F)(F)F)cc1[N+](=O)[O-]. The molecule has 3 N–H and O–H groups in total. The molecule has 2 aromatic heterocycles. The minimum absolute atomic E-state index is 0.305. The van der Waals surface area contributed by atoms with Crippen LogP contribution in [0.3, 0.4) is 0 Å². The number of nitrogens with zero attached hydrogens (tertiary/aromatic N) is 3. The van der Waals surface area contributed by atoms with Gasteiger partial charge in [-0.3, -0.25) is 19.9 Å². The highest BCUT2D eigenvalue weighted by Gasteiger charge is 2.47. The second-order valence-electron chi connectivity index (χ2n) is 7.62. The Morgan fingerprint density at radius 3 is 2.23 bits per heavy atom. The molecule has 3 rings (SSSR count). The number of hydrogen-bond acceptors (Lipinski definition) is 9. The lowest BCUT2D eigenvalue weighted by Gasteiger charge is -2.16. The number of aromatic nitrogens is 2. The maximum absolute atomic E-state index is 13.7. The maximum atomic E-state index is 13.7. The van der Waals surface area contributed by atoms with Gasteiger partial charge in [0.25, 0.3) is 21.4 Å². The third-order valence-electron chi connectivity index (χ3n) is 5.09. The largest absolute Gasteiger partial charge is 0.501 e. The summed E-state index contributed by atoms with van der Waals surface area (Å²) in [5, 5.41) is 32.2.